The molecule has 0 amide bonds. The normalized spacial score (nSPS) is 10.8. The number of ether oxygens (including phenoxy) is 4. The third-order valence-electron chi connectivity index (χ3n) is 5.73. The van der Waals surface area contributed by atoms with Gasteiger partial charge in [-0.1, -0.05) is 45.6 Å². The van der Waals surface area contributed by atoms with E-state index >= 15 is 0 Å². The summed E-state index contributed by atoms with van der Waals surface area (Å²) in [6.45, 7) is 7.54. The van der Waals surface area contributed by atoms with E-state index in [1.54, 1.807) is 24.3 Å². The maximum Gasteiger partial charge on any atom is 0.338 e. The lowest BCUT2D eigenvalue weighted by Gasteiger charge is -2.13. The predicted octanol–water partition coefficient (Wildman–Crippen LogP) is 5.15. The van der Waals surface area contributed by atoms with Crippen molar-refractivity contribution in [2.75, 3.05) is 26.9 Å². The Kier molecular flexibility index (Phi) is 10.5. The van der Waals surface area contributed by atoms with E-state index in [-0.39, 0.29) is 35.8 Å². The van der Waals surface area contributed by atoms with Crippen LogP contribution in [-0.2, 0) is 14.3 Å². The zero-order valence-electron chi connectivity index (χ0n) is 22.2. The Morgan fingerprint density at radius 1 is 0.947 bits per heavy atom. The van der Waals surface area contributed by atoms with Crippen LogP contribution in [0.25, 0.3) is 16.7 Å². The molecule has 1 N–H and O–H groups in total. The van der Waals surface area contributed by atoms with E-state index in [2.05, 4.69) is 23.7 Å². The molecule has 0 spiro atoms. The number of rotatable bonds is 15. The SMILES string of the molecule is C=C(C)C(=O)OCCOC(=O)c1ccc2nn(-c3cc(O)c(OCCCCCCCC)c(OC)c3)nc2c1. The van der Waals surface area contributed by atoms with Crippen molar-refractivity contribution in [1.82, 2.24) is 15.0 Å². The maximum absolute atomic E-state index is 12.4. The standard InChI is InChI=1S/C28H35N3O7/c1-5-6-7-8-9-10-13-36-26-24(32)17-21(18-25(26)35-4)31-29-22-12-11-20(16-23(22)30-31)28(34)38-15-14-37-27(33)19(2)3/h11-12,16-18,32H,2,5-10,13-15H2,1,3-4H3. The summed E-state index contributed by atoms with van der Waals surface area (Å²) in [4.78, 5) is 25.1. The van der Waals surface area contributed by atoms with E-state index in [4.69, 9.17) is 18.9 Å². The van der Waals surface area contributed by atoms with Crippen LogP contribution in [0.5, 0.6) is 17.2 Å². The van der Waals surface area contributed by atoms with E-state index in [9.17, 15) is 14.7 Å². The zero-order valence-corrected chi connectivity index (χ0v) is 22.2. The van der Waals surface area contributed by atoms with Crippen LogP contribution in [0.4, 0.5) is 0 Å². The van der Waals surface area contributed by atoms with Crippen molar-refractivity contribution in [2.45, 2.75) is 52.4 Å². The fourth-order valence-electron chi connectivity index (χ4n) is 3.67. The quantitative estimate of drug-likeness (QED) is 0.163. The van der Waals surface area contributed by atoms with Gasteiger partial charge in [0.25, 0.3) is 0 Å². The summed E-state index contributed by atoms with van der Waals surface area (Å²) in [5.41, 5.74) is 2.00. The highest BCUT2D eigenvalue weighted by Crippen LogP contribution is 2.39. The first-order valence-corrected chi connectivity index (χ1v) is 12.7. The Balaban J connectivity index is 1.65. The smallest absolute Gasteiger partial charge is 0.338 e. The molecule has 0 aliphatic rings. The Labute approximate surface area is 222 Å². The molecule has 1 aromatic heterocycles. The third kappa shape index (κ3) is 7.71. The Bertz CT molecular complexity index is 1270. The summed E-state index contributed by atoms with van der Waals surface area (Å²) in [5, 5.41) is 19.5. The summed E-state index contributed by atoms with van der Waals surface area (Å²) in [7, 11) is 1.50. The van der Waals surface area contributed by atoms with E-state index in [0.717, 1.165) is 12.8 Å². The number of hydrogen-bond donors (Lipinski definition) is 1. The highest BCUT2D eigenvalue weighted by molar-refractivity contribution is 5.93. The molecule has 0 aliphatic carbocycles. The van der Waals surface area contributed by atoms with Gasteiger partial charge in [0.15, 0.2) is 11.5 Å². The molecular formula is C28H35N3O7. The lowest BCUT2D eigenvalue weighted by Crippen LogP contribution is -2.14. The number of esters is 2. The number of nitrogens with zero attached hydrogens (tertiary/aromatic N) is 3. The monoisotopic (exact) mass is 525 g/mol. The third-order valence-corrected chi connectivity index (χ3v) is 5.73. The Hall–Kier alpha value is -4.08. The number of aromatic nitrogens is 3. The number of fused-ring (bicyclic) bond motifs is 1. The maximum atomic E-state index is 12.4. The minimum Gasteiger partial charge on any atom is -0.504 e. The number of benzene rings is 2. The average Bonchev–Trinajstić information content (AvgIpc) is 3.34. The van der Waals surface area contributed by atoms with Gasteiger partial charge < -0.3 is 24.1 Å². The average molecular weight is 526 g/mol. The van der Waals surface area contributed by atoms with Gasteiger partial charge >= 0.3 is 11.9 Å². The highest BCUT2D eigenvalue weighted by Gasteiger charge is 2.17. The summed E-state index contributed by atoms with van der Waals surface area (Å²) in [6.07, 6.45) is 6.81. The van der Waals surface area contributed by atoms with Gasteiger partial charge in [-0.05, 0) is 31.5 Å². The van der Waals surface area contributed by atoms with Crippen LogP contribution in [0.15, 0.2) is 42.5 Å². The second-order valence-electron chi connectivity index (χ2n) is 8.86. The topological polar surface area (TPSA) is 122 Å². The fourth-order valence-corrected chi connectivity index (χ4v) is 3.67. The van der Waals surface area contributed by atoms with Crippen LogP contribution in [0, 0.1) is 0 Å². The number of phenols is 1. The molecule has 3 rings (SSSR count). The van der Waals surface area contributed by atoms with Crippen molar-refractivity contribution in [3.05, 3.63) is 48.0 Å². The molecule has 0 bridgehead atoms. The zero-order chi connectivity index (χ0) is 27.5. The molecule has 10 heteroatoms. The van der Waals surface area contributed by atoms with Gasteiger partial charge in [0.1, 0.15) is 24.2 Å². The predicted molar refractivity (Wildman–Crippen MR) is 142 cm³/mol. The lowest BCUT2D eigenvalue weighted by molar-refractivity contribution is -0.140. The molecule has 204 valence electrons. The van der Waals surface area contributed by atoms with Crippen LogP contribution in [0.2, 0.25) is 0 Å². The molecule has 38 heavy (non-hydrogen) atoms. The van der Waals surface area contributed by atoms with Gasteiger partial charge in [0.05, 0.1) is 25.0 Å². The first kappa shape index (κ1) is 28.5. The molecule has 0 atom stereocenters. The lowest BCUT2D eigenvalue weighted by atomic mass is 10.1. The van der Waals surface area contributed by atoms with Gasteiger partial charge in [-0.15, -0.1) is 10.2 Å². The van der Waals surface area contributed by atoms with Crippen LogP contribution in [0.3, 0.4) is 0 Å². The molecule has 3 aromatic rings. The van der Waals surface area contributed by atoms with E-state index in [1.165, 1.54) is 50.6 Å². The van der Waals surface area contributed by atoms with Crippen molar-refractivity contribution in [2.24, 2.45) is 0 Å². The second kappa shape index (κ2) is 14.0. The van der Waals surface area contributed by atoms with Crippen molar-refractivity contribution >= 4 is 23.0 Å². The summed E-state index contributed by atoms with van der Waals surface area (Å²) >= 11 is 0. The van der Waals surface area contributed by atoms with Crippen LogP contribution < -0.4 is 9.47 Å². The molecule has 1 heterocycles. The number of hydrogen-bond acceptors (Lipinski definition) is 9. The van der Waals surface area contributed by atoms with E-state index in [0.29, 0.717) is 29.1 Å². The van der Waals surface area contributed by atoms with Crippen LogP contribution in [0.1, 0.15) is 62.7 Å². The number of unbranched alkanes of at least 4 members (excludes halogenated alkanes) is 5. The van der Waals surface area contributed by atoms with Gasteiger partial charge in [0, 0.05) is 17.7 Å². The second-order valence-corrected chi connectivity index (χ2v) is 8.86. The molecule has 10 nitrogen and oxygen atoms in total. The molecule has 2 aromatic carbocycles. The molecular weight excluding hydrogens is 490 g/mol. The largest absolute Gasteiger partial charge is 0.504 e. The Morgan fingerprint density at radius 2 is 1.66 bits per heavy atom. The fraction of sp³-hybridized carbons (Fsp3) is 0.429. The number of carbonyl (C=O) groups is 2. The number of methoxy groups -OCH3 is 1. The molecule has 0 radical (unpaired) electrons. The number of carbonyl (C=O) groups excluding carboxylic acids is 2. The first-order chi connectivity index (χ1) is 18.3. The summed E-state index contributed by atoms with van der Waals surface area (Å²) < 4.78 is 21.3. The van der Waals surface area contributed by atoms with Crippen molar-refractivity contribution in [1.29, 1.82) is 0 Å². The molecule has 0 saturated carbocycles. The van der Waals surface area contributed by atoms with Crippen molar-refractivity contribution < 1.29 is 33.6 Å². The van der Waals surface area contributed by atoms with Gasteiger partial charge in [-0.25, -0.2) is 9.59 Å². The summed E-state index contributed by atoms with van der Waals surface area (Å²) in [6, 6.07) is 7.94. The highest BCUT2D eigenvalue weighted by atomic mass is 16.6. The number of phenolic OH excluding ortho intramolecular Hbond substituents is 1. The van der Waals surface area contributed by atoms with Crippen LogP contribution >= 0.6 is 0 Å². The van der Waals surface area contributed by atoms with Gasteiger partial charge in [-0.3, -0.25) is 0 Å². The molecule has 0 unspecified atom stereocenters. The Morgan fingerprint density at radius 3 is 2.39 bits per heavy atom. The number of aromatic hydroxyl groups is 1. The molecule has 0 aliphatic heterocycles. The minimum atomic E-state index is -0.584. The van der Waals surface area contributed by atoms with Gasteiger partial charge in [-0.2, -0.15) is 4.80 Å². The van der Waals surface area contributed by atoms with Gasteiger partial charge in [0.2, 0.25) is 5.75 Å². The van der Waals surface area contributed by atoms with Crippen molar-refractivity contribution in [3.8, 4) is 22.9 Å². The van der Waals surface area contributed by atoms with E-state index < -0.39 is 11.9 Å². The summed E-state index contributed by atoms with van der Waals surface area (Å²) in [5.74, 6) is -0.564. The van der Waals surface area contributed by atoms with Crippen LogP contribution in [-0.4, -0.2) is 59.0 Å². The van der Waals surface area contributed by atoms with E-state index in [1.807, 2.05) is 0 Å². The van der Waals surface area contributed by atoms with Crippen molar-refractivity contribution in [3.63, 3.8) is 0 Å². The molecule has 0 saturated heterocycles. The first-order valence-electron chi connectivity index (χ1n) is 12.7. The molecule has 0 fully saturated rings. The minimum absolute atomic E-state index is 0.0696.